The molecule has 8 nitrogen and oxygen atoms in total. The smallest absolute Gasteiger partial charge is 0.475 e. The number of nitrogens with one attached hydrogen (secondary N) is 2. The van der Waals surface area contributed by atoms with Crippen molar-refractivity contribution >= 4 is 34.2 Å². The van der Waals surface area contributed by atoms with Gasteiger partial charge in [-0.1, -0.05) is 13.8 Å². The second-order valence-corrected chi connectivity index (χ2v) is 9.56. The van der Waals surface area contributed by atoms with Crippen molar-refractivity contribution in [1.82, 2.24) is 5.32 Å². The summed E-state index contributed by atoms with van der Waals surface area (Å²) in [6.45, 7) is 8.36. The number of thiophene rings is 1. The maximum absolute atomic E-state index is 12.3. The number of carboxylic acids is 1. The number of rotatable bonds is 7. The Morgan fingerprint density at radius 3 is 2.28 bits per heavy atom. The zero-order valence-electron chi connectivity index (χ0n) is 18.4. The Bertz CT molecular complexity index is 825. The van der Waals surface area contributed by atoms with Crippen LogP contribution in [0.1, 0.15) is 55.3 Å². The number of alkyl halides is 3. The van der Waals surface area contributed by atoms with Crippen molar-refractivity contribution in [3.05, 3.63) is 16.5 Å². The van der Waals surface area contributed by atoms with E-state index in [1.807, 2.05) is 6.92 Å². The number of aryl methyl sites for hydroxylation is 1. The summed E-state index contributed by atoms with van der Waals surface area (Å²) in [5.74, 6) is -3.42. The molecule has 1 aliphatic carbocycles. The standard InChI is InChI=1S/C18H28N2O4S.C2HF3O2/c1-5-24-16(23)13-8-12(2)25-15(13)20-14(22)9-19-18(11-21)7-6-17(3,4)10-18;3-2(4,5)1(6)7/h8,19,21H,5-7,9-11H2,1-4H3,(H,20,22);(H,6,7). The largest absolute Gasteiger partial charge is 0.490 e. The minimum atomic E-state index is -5.08. The monoisotopic (exact) mass is 482 g/mol. The Balaban J connectivity index is 0.000000633. The number of aliphatic carboxylic acids is 1. The molecule has 0 spiro atoms. The van der Waals surface area contributed by atoms with E-state index in [4.69, 9.17) is 14.6 Å². The highest BCUT2D eigenvalue weighted by molar-refractivity contribution is 7.16. The van der Waals surface area contributed by atoms with Crippen LogP contribution in [0.5, 0.6) is 0 Å². The number of esters is 1. The average molecular weight is 483 g/mol. The zero-order chi connectivity index (χ0) is 24.7. The van der Waals surface area contributed by atoms with Gasteiger partial charge in [0.05, 0.1) is 25.3 Å². The lowest BCUT2D eigenvalue weighted by molar-refractivity contribution is -0.192. The molecule has 1 amide bonds. The van der Waals surface area contributed by atoms with Crippen molar-refractivity contribution in [2.24, 2.45) is 5.41 Å². The van der Waals surface area contributed by atoms with Crippen LogP contribution in [-0.2, 0) is 14.3 Å². The summed E-state index contributed by atoms with van der Waals surface area (Å²) in [5, 5.41) is 23.4. The molecule has 1 fully saturated rings. The Labute approximate surface area is 188 Å². The van der Waals surface area contributed by atoms with Crippen LogP contribution in [0.4, 0.5) is 18.2 Å². The maximum Gasteiger partial charge on any atom is 0.490 e. The van der Waals surface area contributed by atoms with E-state index >= 15 is 0 Å². The van der Waals surface area contributed by atoms with Gasteiger partial charge in [-0.25, -0.2) is 9.59 Å². The number of carboxylic acid groups (broad SMARTS) is 1. The Morgan fingerprint density at radius 2 is 1.84 bits per heavy atom. The van der Waals surface area contributed by atoms with Crippen molar-refractivity contribution in [3.8, 4) is 0 Å². The Morgan fingerprint density at radius 1 is 1.25 bits per heavy atom. The van der Waals surface area contributed by atoms with Gasteiger partial charge in [-0.3, -0.25) is 4.79 Å². The van der Waals surface area contributed by atoms with Gasteiger partial charge in [0.15, 0.2) is 0 Å². The van der Waals surface area contributed by atoms with E-state index in [1.54, 1.807) is 13.0 Å². The van der Waals surface area contributed by atoms with E-state index < -0.39 is 23.7 Å². The van der Waals surface area contributed by atoms with Crippen molar-refractivity contribution < 1.29 is 42.5 Å². The fourth-order valence-corrected chi connectivity index (χ4v) is 4.33. The van der Waals surface area contributed by atoms with Gasteiger partial charge in [0.25, 0.3) is 0 Å². The molecule has 0 aromatic carbocycles. The summed E-state index contributed by atoms with van der Waals surface area (Å²) >= 11 is 1.35. The topological polar surface area (TPSA) is 125 Å². The predicted molar refractivity (Wildman–Crippen MR) is 113 cm³/mol. The van der Waals surface area contributed by atoms with Gasteiger partial charge in [-0.2, -0.15) is 13.2 Å². The third-order valence-corrected chi connectivity index (χ3v) is 5.84. The van der Waals surface area contributed by atoms with Crippen LogP contribution in [0.25, 0.3) is 0 Å². The molecule has 1 atom stereocenters. The van der Waals surface area contributed by atoms with E-state index in [2.05, 4.69) is 24.5 Å². The van der Waals surface area contributed by atoms with Gasteiger partial charge in [-0.15, -0.1) is 11.3 Å². The van der Waals surface area contributed by atoms with Crippen molar-refractivity contribution in [2.45, 2.75) is 58.7 Å². The van der Waals surface area contributed by atoms with Crippen LogP contribution in [0.2, 0.25) is 0 Å². The third-order valence-electron chi connectivity index (χ3n) is 4.87. The summed E-state index contributed by atoms with van der Waals surface area (Å²) in [6, 6.07) is 1.72. The van der Waals surface area contributed by atoms with E-state index in [0.29, 0.717) is 10.6 Å². The molecule has 0 saturated heterocycles. The predicted octanol–water partition coefficient (Wildman–Crippen LogP) is 3.34. The third kappa shape index (κ3) is 8.40. The molecule has 182 valence electrons. The van der Waals surface area contributed by atoms with E-state index in [9.17, 15) is 27.9 Å². The molecule has 0 radical (unpaired) electrons. The molecule has 1 aliphatic rings. The van der Waals surface area contributed by atoms with Crippen molar-refractivity contribution in [2.75, 3.05) is 25.1 Å². The van der Waals surface area contributed by atoms with Gasteiger partial charge in [-0.05, 0) is 44.6 Å². The van der Waals surface area contributed by atoms with Crippen molar-refractivity contribution in [1.29, 1.82) is 0 Å². The van der Waals surface area contributed by atoms with Gasteiger partial charge >= 0.3 is 18.1 Å². The molecule has 1 unspecified atom stereocenters. The van der Waals surface area contributed by atoms with E-state index in [0.717, 1.165) is 24.1 Å². The molecule has 12 heteroatoms. The SMILES string of the molecule is CCOC(=O)c1cc(C)sc1NC(=O)CNC1(CO)CCC(C)(C)C1.O=C(O)C(F)(F)F. The molecule has 1 heterocycles. The van der Waals surface area contributed by atoms with Crippen LogP contribution < -0.4 is 10.6 Å². The first-order valence-electron chi connectivity index (χ1n) is 9.88. The fourth-order valence-electron chi connectivity index (χ4n) is 3.42. The van der Waals surface area contributed by atoms with Gasteiger partial charge in [0.1, 0.15) is 5.00 Å². The second-order valence-electron chi connectivity index (χ2n) is 8.30. The lowest BCUT2D eigenvalue weighted by Gasteiger charge is -2.30. The van der Waals surface area contributed by atoms with Crippen LogP contribution >= 0.6 is 11.3 Å². The van der Waals surface area contributed by atoms with Crippen LogP contribution in [0.15, 0.2) is 6.07 Å². The Hall–Kier alpha value is -2.18. The number of aliphatic hydroxyl groups excluding tert-OH is 1. The molecule has 1 aromatic heterocycles. The second kappa shape index (κ2) is 11.1. The highest BCUT2D eigenvalue weighted by Crippen LogP contribution is 2.43. The Kier molecular flexibility index (Phi) is 9.66. The molecule has 0 bridgehead atoms. The normalized spacial score (nSPS) is 19.6. The van der Waals surface area contributed by atoms with Crippen LogP contribution in [-0.4, -0.2) is 59.5 Å². The minimum Gasteiger partial charge on any atom is -0.475 e. The maximum atomic E-state index is 12.3. The highest BCUT2D eigenvalue weighted by Gasteiger charge is 2.42. The van der Waals surface area contributed by atoms with Gasteiger partial charge < -0.3 is 25.6 Å². The number of carbonyl (C=O) groups is 3. The average Bonchev–Trinajstić information content (AvgIpc) is 3.19. The number of carbonyl (C=O) groups excluding carboxylic acids is 2. The summed E-state index contributed by atoms with van der Waals surface area (Å²) in [7, 11) is 0. The van der Waals surface area contributed by atoms with E-state index in [1.165, 1.54) is 11.3 Å². The first kappa shape index (κ1) is 27.9. The van der Waals surface area contributed by atoms with Crippen molar-refractivity contribution in [3.63, 3.8) is 0 Å². The van der Waals surface area contributed by atoms with Crippen LogP contribution in [0, 0.1) is 12.3 Å². The molecule has 2 rings (SSSR count). The quantitative estimate of drug-likeness (QED) is 0.439. The number of halogens is 3. The number of aliphatic hydroxyl groups is 1. The zero-order valence-corrected chi connectivity index (χ0v) is 19.2. The number of amides is 1. The highest BCUT2D eigenvalue weighted by atomic mass is 32.1. The molecule has 0 aliphatic heterocycles. The van der Waals surface area contributed by atoms with Crippen LogP contribution in [0.3, 0.4) is 0 Å². The minimum absolute atomic E-state index is 0.00982. The number of ether oxygens (including phenoxy) is 1. The lowest BCUT2D eigenvalue weighted by Crippen LogP contribution is -2.49. The first-order valence-corrected chi connectivity index (χ1v) is 10.7. The fraction of sp³-hybridized carbons (Fsp3) is 0.650. The number of anilines is 1. The molecule has 32 heavy (non-hydrogen) atoms. The van der Waals surface area contributed by atoms with Gasteiger partial charge in [0, 0.05) is 10.4 Å². The summed E-state index contributed by atoms with van der Waals surface area (Å²) in [4.78, 5) is 34.1. The summed E-state index contributed by atoms with van der Waals surface area (Å²) in [6.07, 6.45) is -2.40. The molecule has 1 aromatic rings. The summed E-state index contributed by atoms with van der Waals surface area (Å²) in [5.41, 5.74) is 0.140. The molecule has 4 N–H and O–H groups in total. The molecular weight excluding hydrogens is 453 g/mol. The number of hydrogen-bond acceptors (Lipinski definition) is 7. The molecule has 1 saturated carbocycles. The van der Waals surface area contributed by atoms with Gasteiger partial charge in [0.2, 0.25) is 5.91 Å². The lowest BCUT2D eigenvalue weighted by atomic mass is 9.88. The molecular formula is C20H29F3N2O6S. The summed E-state index contributed by atoms with van der Waals surface area (Å²) < 4.78 is 36.8. The van der Waals surface area contributed by atoms with E-state index in [-0.39, 0.29) is 31.1 Å². The number of hydrogen-bond donors (Lipinski definition) is 4. The first-order chi connectivity index (χ1) is 14.6.